The predicted molar refractivity (Wildman–Crippen MR) is 72.3 cm³/mol. The van der Waals surface area contributed by atoms with Crippen LogP contribution in [0, 0.1) is 5.92 Å². The zero-order chi connectivity index (χ0) is 12.3. The highest BCUT2D eigenvalue weighted by atomic mass is 79.9. The predicted octanol–water partition coefficient (Wildman–Crippen LogP) is 3.95. The molecule has 0 spiro atoms. The lowest BCUT2D eigenvalue weighted by Crippen LogP contribution is -2.18. The second-order valence-electron chi connectivity index (χ2n) is 4.47. The van der Waals surface area contributed by atoms with Gasteiger partial charge in [-0.25, -0.2) is 0 Å². The van der Waals surface area contributed by atoms with Crippen LogP contribution in [-0.4, -0.2) is 18.3 Å². The van der Waals surface area contributed by atoms with E-state index in [-0.39, 0.29) is 0 Å². The van der Waals surface area contributed by atoms with E-state index in [1.807, 2.05) is 18.2 Å². The van der Waals surface area contributed by atoms with Gasteiger partial charge in [0.1, 0.15) is 0 Å². The average Bonchev–Trinajstić information content (AvgIpc) is 2.30. The highest BCUT2D eigenvalue weighted by Crippen LogP contribution is 2.32. The van der Waals surface area contributed by atoms with Gasteiger partial charge in [0, 0.05) is 22.7 Å². The summed E-state index contributed by atoms with van der Waals surface area (Å²) in [5, 5.41) is 10.9. The molecular formula is C13H16BrClO2. The van der Waals surface area contributed by atoms with Crippen LogP contribution in [0.1, 0.15) is 30.9 Å². The first-order valence-electron chi connectivity index (χ1n) is 5.87. The van der Waals surface area contributed by atoms with E-state index >= 15 is 0 Å². The molecule has 1 aromatic rings. The Kier molecular flexibility index (Phi) is 4.86. The highest BCUT2D eigenvalue weighted by Gasteiger charge is 2.20. The average molecular weight is 320 g/mol. The van der Waals surface area contributed by atoms with E-state index in [0.29, 0.717) is 10.9 Å². The van der Waals surface area contributed by atoms with Crippen molar-refractivity contribution >= 4 is 27.5 Å². The Labute approximate surface area is 115 Å². The minimum Gasteiger partial charge on any atom is -0.388 e. The summed E-state index contributed by atoms with van der Waals surface area (Å²) in [6.07, 6.45) is 2.46. The Morgan fingerprint density at radius 1 is 1.41 bits per heavy atom. The zero-order valence-electron chi connectivity index (χ0n) is 9.53. The summed E-state index contributed by atoms with van der Waals surface area (Å²) >= 11 is 9.33. The molecule has 1 unspecified atom stereocenters. The van der Waals surface area contributed by atoms with Gasteiger partial charge in [0.05, 0.1) is 6.10 Å². The summed E-state index contributed by atoms with van der Waals surface area (Å²) in [6, 6.07) is 5.52. The van der Waals surface area contributed by atoms with Crippen molar-refractivity contribution in [3.05, 3.63) is 33.3 Å². The molecule has 1 atom stereocenters. The van der Waals surface area contributed by atoms with Crippen molar-refractivity contribution in [1.82, 2.24) is 0 Å². The third-order valence-electron chi connectivity index (χ3n) is 3.22. The van der Waals surface area contributed by atoms with E-state index in [4.69, 9.17) is 16.3 Å². The second-order valence-corrected chi connectivity index (χ2v) is 5.76. The molecule has 1 aliphatic rings. The van der Waals surface area contributed by atoms with E-state index in [9.17, 15) is 5.11 Å². The first-order chi connectivity index (χ1) is 8.16. The summed E-state index contributed by atoms with van der Waals surface area (Å²) in [4.78, 5) is 0. The summed E-state index contributed by atoms with van der Waals surface area (Å²) in [6.45, 7) is 1.64. The molecule has 1 fully saturated rings. The van der Waals surface area contributed by atoms with E-state index in [0.717, 1.165) is 42.5 Å². The molecule has 94 valence electrons. The lowest BCUT2D eigenvalue weighted by Gasteiger charge is -2.24. The van der Waals surface area contributed by atoms with Crippen LogP contribution in [0.25, 0.3) is 0 Å². The quantitative estimate of drug-likeness (QED) is 0.914. The standard InChI is InChI=1S/C13H16BrClO2/c14-12-8-10(15)1-2-11(12)13(16)7-9-3-5-17-6-4-9/h1-2,8-9,13,16H,3-7H2. The Hall–Kier alpha value is -0.0900. The summed E-state index contributed by atoms with van der Waals surface area (Å²) in [5.41, 5.74) is 0.917. The van der Waals surface area contributed by atoms with Gasteiger partial charge in [-0.1, -0.05) is 33.6 Å². The minimum absolute atomic E-state index is 0.426. The summed E-state index contributed by atoms with van der Waals surface area (Å²) in [5.74, 6) is 0.557. The van der Waals surface area contributed by atoms with Crippen molar-refractivity contribution in [2.24, 2.45) is 5.92 Å². The van der Waals surface area contributed by atoms with E-state index in [1.54, 1.807) is 0 Å². The van der Waals surface area contributed by atoms with Crippen molar-refractivity contribution in [2.45, 2.75) is 25.4 Å². The largest absolute Gasteiger partial charge is 0.388 e. The fourth-order valence-corrected chi connectivity index (χ4v) is 3.14. The molecule has 1 aliphatic heterocycles. The van der Waals surface area contributed by atoms with E-state index < -0.39 is 6.10 Å². The maximum atomic E-state index is 10.2. The number of aliphatic hydroxyl groups excluding tert-OH is 1. The van der Waals surface area contributed by atoms with Gasteiger partial charge in [-0.2, -0.15) is 0 Å². The third-order valence-corrected chi connectivity index (χ3v) is 4.14. The number of rotatable bonds is 3. The van der Waals surface area contributed by atoms with Gasteiger partial charge < -0.3 is 9.84 Å². The molecule has 2 rings (SSSR count). The minimum atomic E-state index is -0.426. The summed E-state index contributed by atoms with van der Waals surface area (Å²) < 4.78 is 6.20. The van der Waals surface area contributed by atoms with E-state index in [1.165, 1.54) is 0 Å². The molecule has 0 radical (unpaired) electrons. The molecule has 1 aromatic carbocycles. The van der Waals surface area contributed by atoms with Gasteiger partial charge in [0.25, 0.3) is 0 Å². The van der Waals surface area contributed by atoms with Crippen molar-refractivity contribution in [2.75, 3.05) is 13.2 Å². The van der Waals surface area contributed by atoms with Crippen LogP contribution < -0.4 is 0 Å². The molecule has 0 aromatic heterocycles. The maximum absolute atomic E-state index is 10.2. The van der Waals surface area contributed by atoms with Crippen LogP contribution in [0.15, 0.2) is 22.7 Å². The van der Waals surface area contributed by atoms with E-state index in [2.05, 4.69) is 15.9 Å². The van der Waals surface area contributed by atoms with Gasteiger partial charge in [-0.15, -0.1) is 0 Å². The van der Waals surface area contributed by atoms with Crippen molar-refractivity contribution in [3.63, 3.8) is 0 Å². The summed E-state index contributed by atoms with van der Waals surface area (Å²) in [7, 11) is 0. The molecule has 0 aliphatic carbocycles. The topological polar surface area (TPSA) is 29.5 Å². The number of ether oxygens (including phenoxy) is 1. The highest BCUT2D eigenvalue weighted by molar-refractivity contribution is 9.10. The Morgan fingerprint density at radius 2 is 2.12 bits per heavy atom. The molecule has 1 N–H and O–H groups in total. The molecule has 17 heavy (non-hydrogen) atoms. The van der Waals surface area contributed by atoms with Crippen LogP contribution in [-0.2, 0) is 4.74 Å². The fourth-order valence-electron chi connectivity index (χ4n) is 2.20. The Balaban J connectivity index is 2.00. The molecule has 1 saturated heterocycles. The van der Waals surface area contributed by atoms with Crippen LogP contribution >= 0.6 is 27.5 Å². The van der Waals surface area contributed by atoms with Crippen molar-refractivity contribution in [3.8, 4) is 0 Å². The van der Waals surface area contributed by atoms with Gasteiger partial charge in [-0.05, 0) is 42.9 Å². The lowest BCUT2D eigenvalue weighted by molar-refractivity contribution is 0.0434. The normalized spacial score (nSPS) is 19.2. The van der Waals surface area contributed by atoms with Crippen LogP contribution in [0.5, 0.6) is 0 Å². The maximum Gasteiger partial charge on any atom is 0.0803 e. The van der Waals surface area contributed by atoms with Crippen LogP contribution in [0.3, 0.4) is 0 Å². The van der Waals surface area contributed by atoms with Gasteiger partial charge in [0.2, 0.25) is 0 Å². The fraction of sp³-hybridized carbons (Fsp3) is 0.538. The molecular weight excluding hydrogens is 303 g/mol. The van der Waals surface area contributed by atoms with Crippen LogP contribution in [0.4, 0.5) is 0 Å². The molecule has 2 nitrogen and oxygen atoms in total. The van der Waals surface area contributed by atoms with Crippen molar-refractivity contribution < 1.29 is 9.84 Å². The van der Waals surface area contributed by atoms with Crippen LogP contribution in [0.2, 0.25) is 5.02 Å². The first kappa shape index (κ1) is 13.3. The first-order valence-corrected chi connectivity index (χ1v) is 7.04. The smallest absolute Gasteiger partial charge is 0.0803 e. The SMILES string of the molecule is OC(CC1CCOCC1)c1ccc(Cl)cc1Br. The Bertz CT molecular complexity index is 378. The van der Waals surface area contributed by atoms with Gasteiger partial charge in [-0.3, -0.25) is 0 Å². The molecule has 0 amide bonds. The number of hydrogen-bond donors (Lipinski definition) is 1. The molecule has 0 saturated carbocycles. The zero-order valence-corrected chi connectivity index (χ0v) is 11.9. The molecule has 4 heteroatoms. The van der Waals surface area contributed by atoms with Gasteiger partial charge >= 0.3 is 0 Å². The molecule has 0 bridgehead atoms. The third kappa shape index (κ3) is 3.68. The lowest BCUT2D eigenvalue weighted by atomic mass is 9.91. The van der Waals surface area contributed by atoms with Gasteiger partial charge in [0.15, 0.2) is 0 Å². The number of halogens is 2. The number of hydrogen-bond acceptors (Lipinski definition) is 2. The Morgan fingerprint density at radius 3 is 2.76 bits per heavy atom. The number of aliphatic hydroxyl groups is 1. The second kappa shape index (κ2) is 6.19. The molecule has 1 heterocycles. The van der Waals surface area contributed by atoms with Crippen molar-refractivity contribution in [1.29, 1.82) is 0 Å². The number of benzene rings is 1. The monoisotopic (exact) mass is 318 g/mol.